The molecule has 1 saturated heterocycles. The van der Waals surface area contributed by atoms with Crippen molar-refractivity contribution in [2.24, 2.45) is 0 Å². The number of piperidine rings is 1. The largest absolute Gasteiger partial charge is 0.364 e. The predicted molar refractivity (Wildman–Crippen MR) is 205 cm³/mol. The highest BCUT2D eigenvalue weighted by Gasteiger charge is 2.25. The maximum Gasteiger partial charge on any atom is 0.0432 e. The zero-order chi connectivity index (χ0) is 32.4. The quantitative estimate of drug-likeness (QED) is 0.166. The van der Waals surface area contributed by atoms with Crippen molar-refractivity contribution < 1.29 is 0 Å². The van der Waals surface area contributed by atoms with E-state index in [0.717, 1.165) is 26.2 Å². The van der Waals surface area contributed by atoms with Crippen molar-refractivity contribution in [3.8, 4) is 22.3 Å². The summed E-state index contributed by atoms with van der Waals surface area (Å²) in [4.78, 5) is 5.33. The first kappa shape index (κ1) is 34.5. The molecule has 0 atom stereocenters. The smallest absolute Gasteiger partial charge is 0.0432 e. The molecule has 1 heterocycles. The van der Waals surface area contributed by atoms with Crippen molar-refractivity contribution in [1.82, 2.24) is 4.90 Å². The Morgan fingerprint density at radius 3 is 1.57 bits per heavy atom. The minimum Gasteiger partial charge on any atom is -0.364 e. The third kappa shape index (κ3) is 8.00. The lowest BCUT2D eigenvalue weighted by Crippen LogP contribution is -2.44. The summed E-state index contributed by atoms with van der Waals surface area (Å²) in [6.07, 6.45) is 2.33. The van der Waals surface area contributed by atoms with Gasteiger partial charge in [0.15, 0.2) is 0 Å². The molecule has 0 aliphatic carbocycles. The second-order valence-electron chi connectivity index (χ2n) is 13.8. The number of benzene rings is 5. The van der Waals surface area contributed by atoms with Gasteiger partial charge in [-0.15, -0.1) is 12.4 Å². The fraction of sp³-hybridized carbons (Fsp3) is 0.318. The summed E-state index contributed by atoms with van der Waals surface area (Å²) in [5, 5.41) is 0. The maximum atomic E-state index is 2.68. The number of rotatable bonds is 8. The van der Waals surface area contributed by atoms with Crippen LogP contribution in [0, 0.1) is 48.5 Å². The number of anilines is 1. The molecule has 0 amide bonds. The highest BCUT2D eigenvalue weighted by atomic mass is 35.5. The molecule has 244 valence electrons. The van der Waals surface area contributed by atoms with Crippen molar-refractivity contribution in [1.29, 1.82) is 0 Å². The summed E-state index contributed by atoms with van der Waals surface area (Å²) < 4.78 is 0. The van der Waals surface area contributed by atoms with Gasteiger partial charge in [-0.2, -0.15) is 0 Å². The van der Waals surface area contributed by atoms with Gasteiger partial charge in [-0.05, 0) is 158 Å². The van der Waals surface area contributed by atoms with Crippen molar-refractivity contribution in [3.05, 3.63) is 147 Å². The molecule has 0 unspecified atom stereocenters. The average Bonchev–Trinajstić information content (AvgIpc) is 3.05. The normalized spacial score (nSPS) is 13.8. The molecule has 1 fully saturated rings. The summed E-state index contributed by atoms with van der Waals surface area (Å²) in [5.74, 6) is 0. The summed E-state index contributed by atoms with van der Waals surface area (Å²) in [5.41, 5.74) is 18.9. The topological polar surface area (TPSA) is 6.48 Å². The number of aryl methyl sites for hydroxylation is 5. The molecule has 5 aromatic rings. The third-order valence-electron chi connectivity index (χ3n) is 10.5. The molecule has 5 aromatic carbocycles. The molecule has 47 heavy (non-hydrogen) atoms. The van der Waals surface area contributed by atoms with Crippen LogP contribution < -0.4 is 4.90 Å². The van der Waals surface area contributed by atoms with Gasteiger partial charge < -0.3 is 4.90 Å². The van der Waals surface area contributed by atoms with Crippen LogP contribution in [0.1, 0.15) is 62.9 Å². The molecular weight excluding hydrogens is 592 g/mol. The Hall–Kier alpha value is -3.85. The Bertz CT molecular complexity index is 1800. The van der Waals surface area contributed by atoms with Gasteiger partial charge in [0, 0.05) is 37.9 Å². The lowest BCUT2D eigenvalue weighted by atomic mass is 9.95. The Balaban J connectivity index is 0.00000433. The van der Waals surface area contributed by atoms with Crippen LogP contribution in [0.4, 0.5) is 5.69 Å². The van der Waals surface area contributed by atoms with Gasteiger partial charge in [-0.1, -0.05) is 72.8 Å². The highest BCUT2D eigenvalue weighted by molar-refractivity contribution is 5.85. The molecular formula is C44H51ClN2. The molecule has 0 spiro atoms. The minimum atomic E-state index is 0. The summed E-state index contributed by atoms with van der Waals surface area (Å²) >= 11 is 0. The first-order valence-electron chi connectivity index (χ1n) is 17.0. The third-order valence-corrected chi connectivity index (χ3v) is 10.5. The van der Waals surface area contributed by atoms with Crippen molar-refractivity contribution in [3.63, 3.8) is 0 Å². The Morgan fingerprint density at radius 1 is 0.553 bits per heavy atom. The van der Waals surface area contributed by atoms with Gasteiger partial charge in [-0.25, -0.2) is 0 Å². The van der Waals surface area contributed by atoms with Crippen molar-refractivity contribution >= 4 is 18.1 Å². The van der Waals surface area contributed by atoms with Crippen molar-refractivity contribution in [2.45, 2.75) is 80.4 Å². The first-order valence-corrected chi connectivity index (χ1v) is 17.0. The number of likely N-dealkylation sites (tertiary alicyclic amines) is 1. The molecule has 3 heteroatoms. The maximum absolute atomic E-state index is 2.68. The van der Waals surface area contributed by atoms with Crippen LogP contribution in [-0.2, 0) is 13.1 Å². The van der Waals surface area contributed by atoms with Crippen LogP contribution >= 0.6 is 12.4 Å². The number of hydrogen-bond acceptors (Lipinski definition) is 2. The summed E-state index contributed by atoms with van der Waals surface area (Å²) in [6, 6.07) is 37.4. The molecule has 0 N–H and O–H groups in total. The van der Waals surface area contributed by atoms with Crippen molar-refractivity contribution in [2.75, 3.05) is 18.0 Å². The second-order valence-corrected chi connectivity index (χ2v) is 13.8. The SMILES string of the molecule is Cc1cccc(N(Cc2cccc(-c3cc(C)c(C)c(C)c3)c2)C2CCN(Cc3cccc(-c4cc(C)c(C)c(C)c4)c3)CC2)c1.Cl. The molecule has 0 saturated carbocycles. The standard InChI is InChI=1S/C44H50N2.ClH/c1-30-11-8-16-44(21-30)46(29-38-13-10-15-40(27-38)42-24-33(4)36(7)34(5)25-42)43-17-19-45(20-18-43)28-37-12-9-14-39(26-37)41-22-31(2)35(6)32(3)23-41;/h8-16,21-27,43H,17-20,28-29H2,1-7H3;1H. The average molecular weight is 643 g/mol. The van der Waals surface area contributed by atoms with E-state index in [1.54, 1.807) is 0 Å². The van der Waals surface area contributed by atoms with Crippen LogP contribution in [0.3, 0.4) is 0 Å². The van der Waals surface area contributed by atoms with Crippen LogP contribution in [-0.4, -0.2) is 24.0 Å². The van der Waals surface area contributed by atoms with E-state index in [9.17, 15) is 0 Å². The highest BCUT2D eigenvalue weighted by Crippen LogP contribution is 2.31. The second kappa shape index (κ2) is 14.9. The van der Waals surface area contributed by atoms with E-state index in [2.05, 4.69) is 155 Å². The zero-order valence-electron chi connectivity index (χ0n) is 29.4. The molecule has 0 aromatic heterocycles. The van der Waals surface area contributed by atoms with Gasteiger partial charge in [-0.3, -0.25) is 4.90 Å². The van der Waals surface area contributed by atoms with Crippen LogP contribution in [0.15, 0.2) is 97.1 Å². The fourth-order valence-electron chi connectivity index (χ4n) is 7.19. The van der Waals surface area contributed by atoms with E-state index in [-0.39, 0.29) is 12.4 Å². The van der Waals surface area contributed by atoms with Crippen LogP contribution in [0.25, 0.3) is 22.3 Å². The van der Waals surface area contributed by atoms with Gasteiger partial charge >= 0.3 is 0 Å². The Kier molecular flexibility index (Phi) is 11.0. The number of nitrogens with zero attached hydrogens (tertiary/aromatic N) is 2. The zero-order valence-corrected chi connectivity index (χ0v) is 30.2. The Labute approximate surface area is 289 Å². The molecule has 0 bridgehead atoms. The molecule has 2 nitrogen and oxygen atoms in total. The first-order chi connectivity index (χ1) is 22.1. The van der Waals surface area contributed by atoms with E-state index in [0.29, 0.717) is 6.04 Å². The monoisotopic (exact) mass is 642 g/mol. The fourth-order valence-corrected chi connectivity index (χ4v) is 7.19. The predicted octanol–water partition coefficient (Wildman–Crippen LogP) is 11.3. The van der Waals surface area contributed by atoms with Gasteiger partial charge in [0.05, 0.1) is 0 Å². The molecule has 1 aliphatic rings. The number of halogens is 1. The van der Waals surface area contributed by atoms with E-state index < -0.39 is 0 Å². The van der Waals surface area contributed by atoms with E-state index >= 15 is 0 Å². The lowest BCUT2D eigenvalue weighted by Gasteiger charge is -2.40. The van der Waals surface area contributed by atoms with Gasteiger partial charge in [0.2, 0.25) is 0 Å². The van der Waals surface area contributed by atoms with Gasteiger partial charge in [0.1, 0.15) is 0 Å². The summed E-state index contributed by atoms with van der Waals surface area (Å²) in [6.45, 7) is 19.7. The number of hydrogen-bond donors (Lipinski definition) is 0. The summed E-state index contributed by atoms with van der Waals surface area (Å²) in [7, 11) is 0. The Morgan fingerprint density at radius 2 is 1.04 bits per heavy atom. The van der Waals surface area contributed by atoms with Crippen LogP contribution in [0.2, 0.25) is 0 Å². The lowest BCUT2D eigenvalue weighted by molar-refractivity contribution is 0.201. The minimum absolute atomic E-state index is 0. The van der Waals surface area contributed by atoms with E-state index in [1.165, 1.54) is 90.9 Å². The molecule has 0 radical (unpaired) electrons. The van der Waals surface area contributed by atoms with E-state index in [1.807, 2.05) is 0 Å². The van der Waals surface area contributed by atoms with Gasteiger partial charge in [0.25, 0.3) is 0 Å². The molecule has 1 aliphatic heterocycles. The van der Waals surface area contributed by atoms with Crippen LogP contribution in [0.5, 0.6) is 0 Å². The van der Waals surface area contributed by atoms with E-state index in [4.69, 9.17) is 0 Å². The molecule has 6 rings (SSSR count).